The Morgan fingerprint density at radius 2 is 1.88 bits per heavy atom. The second-order valence-electron chi connectivity index (χ2n) is 9.28. The van der Waals surface area contributed by atoms with Gasteiger partial charge in [0.25, 0.3) is 5.91 Å². The van der Waals surface area contributed by atoms with Gasteiger partial charge in [0, 0.05) is 16.8 Å². The molecule has 0 unspecified atom stereocenters. The standard InChI is InChI=1S/C19H15BrFNO4.C8H16/c1-19(2)6-5-10-7-11(8-14(20)16(10)26-19)17(23)22-12-3-4-13(18(24)25)15(21)9-12;1-2-8-6-4-3-5-7-8/h3-9H,1-2H3,(H,22,23)(H,24,25);8H,2-7H2,1H3. The van der Waals surface area contributed by atoms with E-state index in [9.17, 15) is 14.0 Å². The van der Waals surface area contributed by atoms with Gasteiger partial charge in [0.1, 0.15) is 17.2 Å². The van der Waals surface area contributed by atoms with Gasteiger partial charge in [-0.15, -0.1) is 0 Å². The first-order chi connectivity index (χ1) is 16.1. The van der Waals surface area contributed by atoms with Gasteiger partial charge >= 0.3 is 5.97 Å². The lowest BCUT2D eigenvalue weighted by molar-refractivity contribution is 0.0691. The predicted molar refractivity (Wildman–Crippen MR) is 136 cm³/mol. The molecule has 1 fully saturated rings. The number of carboxylic acid groups (broad SMARTS) is 1. The fourth-order valence-electron chi connectivity index (χ4n) is 4.13. The van der Waals surface area contributed by atoms with Crippen molar-refractivity contribution in [1.82, 2.24) is 0 Å². The third kappa shape index (κ3) is 6.69. The third-order valence-corrected chi connectivity index (χ3v) is 6.71. The van der Waals surface area contributed by atoms with Gasteiger partial charge in [-0.25, -0.2) is 9.18 Å². The van der Waals surface area contributed by atoms with Gasteiger partial charge < -0.3 is 15.2 Å². The number of aromatic carboxylic acids is 1. The molecule has 2 aliphatic rings. The zero-order chi connectivity index (χ0) is 24.9. The van der Waals surface area contributed by atoms with E-state index in [0.29, 0.717) is 15.8 Å². The van der Waals surface area contributed by atoms with Crippen LogP contribution in [-0.4, -0.2) is 22.6 Å². The van der Waals surface area contributed by atoms with Gasteiger partial charge in [-0.3, -0.25) is 4.79 Å². The number of ether oxygens (including phenoxy) is 1. The van der Waals surface area contributed by atoms with E-state index in [4.69, 9.17) is 9.84 Å². The van der Waals surface area contributed by atoms with Gasteiger partial charge in [-0.2, -0.15) is 0 Å². The molecule has 5 nitrogen and oxygen atoms in total. The van der Waals surface area contributed by atoms with Crippen LogP contribution in [0.3, 0.4) is 0 Å². The molecule has 1 aliphatic carbocycles. The van der Waals surface area contributed by atoms with Crippen LogP contribution in [0.2, 0.25) is 0 Å². The molecule has 1 aliphatic heterocycles. The van der Waals surface area contributed by atoms with Gasteiger partial charge in [-0.05, 0) is 72.1 Å². The number of benzene rings is 2. The molecular weight excluding hydrogens is 501 g/mol. The number of hydrogen-bond donors (Lipinski definition) is 2. The first kappa shape index (κ1) is 25.9. The number of carboxylic acids is 1. The Hall–Kier alpha value is -2.67. The summed E-state index contributed by atoms with van der Waals surface area (Å²) in [6.07, 6.45) is 12.7. The lowest BCUT2D eigenvalue weighted by Crippen LogP contribution is -2.28. The lowest BCUT2D eigenvalue weighted by Gasteiger charge is -2.28. The first-order valence-corrected chi connectivity index (χ1v) is 12.4. The fourth-order valence-corrected chi connectivity index (χ4v) is 4.69. The number of anilines is 1. The predicted octanol–water partition coefficient (Wildman–Crippen LogP) is 7.70. The van der Waals surface area contributed by atoms with E-state index in [1.54, 1.807) is 12.1 Å². The minimum atomic E-state index is -1.37. The minimum Gasteiger partial charge on any atom is -0.482 e. The summed E-state index contributed by atoms with van der Waals surface area (Å²) >= 11 is 3.41. The number of nitrogens with one attached hydrogen (secondary N) is 1. The molecule has 0 bridgehead atoms. The average molecular weight is 532 g/mol. The summed E-state index contributed by atoms with van der Waals surface area (Å²) in [5.74, 6) is -1.00. The largest absolute Gasteiger partial charge is 0.482 e. The molecule has 2 aromatic rings. The molecule has 0 aromatic heterocycles. The van der Waals surface area contributed by atoms with Crippen molar-refractivity contribution < 1.29 is 23.8 Å². The average Bonchev–Trinajstić information content (AvgIpc) is 2.80. The van der Waals surface area contributed by atoms with Crippen molar-refractivity contribution in [2.45, 2.75) is 64.9 Å². The third-order valence-electron chi connectivity index (χ3n) is 6.12. The maximum atomic E-state index is 13.8. The highest BCUT2D eigenvalue weighted by molar-refractivity contribution is 9.10. The topological polar surface area (TPSA) is 75.6 Å². The smallest absolute Gasteiger partial charge is 0.338 e. The van der Waals surface area contributed by atoms with Crippen LogP contribution in [0.25, 0.3) is 6.08 Å². The van der Waals surface area contributed by atoms with E-state index in [-0.39, 0.29) is 5.69 Å². The number of rotatable bonds is 4. The second-order valence-corrected chi connectivity index (χ2v) is 10.1. The molecule has 0 atom stereocenters. The monoisotopic (exact) mass is 531 g/mol. The SMILES string of the molecule is CC1(C)C=Cc2cc(C(=O)Nc3ccc(C(=O)O)c(F)c3)cc(Br)c2O1.CCC1CCCCC1. The van der Waals surface area contributed by atoms with Crippen LogP contribution in [0.5, 0.6) is 5.75 Å². The van der Waals surface area contributed by atoms with Crippen LogP contribution in [0.15, 0.2) is 40.9 Å². The molecule has 2 N–H and O–H groups in total. The van der Waals surface area contributed by atoms with E-state index in [2.05, 4.69) is 28.2 Å². The van der Waals surface area contributed by atoms with Crippen molar-refractivity contribution in [2.24, 2.45) is 5.92 Å². The maximum Gasteiger partial charge on any atom is 0.338 e. The van der Waals surface area contributed by atoms with Gasteiger partial charge in [0.2, 0.25) is 0 Å². The molecule has 182 valence electrons. The van der Waals surface area contributed by atoms with E-state index >= 15 is 0 Å². The second kappa shape index (κ2) is 11.2. The molecule has 0 saturated heterocycles. The van der Waals surface area contributed by atoms with E-state index in [0.717, 1.165) is 23.6 Å². The summed E-state index contributed by atoms with van der Waals surface area (Å²) in [6.45, 7) is 6.17. The Morgan fingerprint density at radius 3 is 2.47 bits per heavy atom. The van der Waals surface area contributed by atoms with Crippen LogP contribution in [-0.2, 0) is 0 Å². The van der Waals surface area contributed by atoms with Crippen molar-refractivity contribution in [1.29, 1.82) is 0 Å². The Kier molecular flexibility index (Phi) is 8.52. The Bertz CT molecular complexity index is 1090. The Morgan fingerprint density at radius 1 is 1.18 bits per heavy atom. The number of fused-ring (bicyclic) bond motifs is 1. The van der Waals surface area contributed by atoms with E-state index in [1.807, 2.05) is 26.0 Å². The van der Waals surface area contributed by atoms with Gasteiger partial charge in [0.05, 0.1) is 10.0 Å². The summed E-state index contributed by atoms with van der Waals surface area (Å²) in [5.41, 5.74) is 0.370. The molecule has 34 heavy (non-hydrogen) atoms. The molecule has 7 heteroatoms. The summed E-state index contributed by atoms with van der Waals surface area (Å²) in [6, 6.07) is 6.70. The van der Waals surface area contributed by atoms with Crippen molar-refractivity contribution in [3.63, 3.8) is 0 Å². The normalized spacial score (nSPS) is 16.5. The number of hydrogen-bond acceptors (Lipinski definition) is 3. The summed E-state index contributed by atoms with van der Waals surface area (Å²) in [4.78, 5) is 23.3. The van der Waals surface area contributed by atoms with Crippen molar-refractivity contribution >= 4 is 39.6 Å². The highest BCUT2D eigenvalue weighted by atomic mass is 79.9. The van der Waals surface area contributed by atoms with Crippen LogP contribution < -0.4 is 10.1 Å². The van der Waals surface area contributed by atoms with Crippen molar-refractivity contribution in [3.05, 3.63) is 63.4 Å². The molecule has 1 saturated carbocycles. The zero-order valence-corrected chi connectivity index (χ0v) is 21.4. The molecule has 1 heterocycles. The van der Waals surface area contributed by atoms with Crippen LogP contribution in [0.1, 0.15) is 85.6 Å². The minimum absolute atomic E-state index is 0.166. The number of carbonyl (C=O) groups excluding carboxylic acids is 1. The Labute approximate surface area is 208 Å². The summed E-state index contributed by atoms with van der Waals surface area (Å²) in [5, 5.41) is 11.4. The van der Waals surface area contributed by atoms with Gasteiger partial charge in [-0.1, -0.05) is 51.5 Å². The molecule has 1 amide bonds. The number of amides is 1. The van der Waals surface area contributed by atoms with Crippen molar-refractivity contribution in [2.75, 3.05) is 5.32 Å². The maximum absolute atomic E-state index is 13.8. The number of carbonyl (C=O) groups is 2. The van der Waals surface area contributed by atoms with E-state index in [1.165, 1.54) is 44.6 Å². The molecule has 0 spiro atoms. The molecule has 0 radical (unpaired) electrons. The van der Waals surface area contributed by atoms with Crippen molar-refractivity contribution in [3.8, 4) is 5.75 Å². The molecular formula is C27H31BrFNO4. The highest BCUT2D eigenvalue weighted by Crippen LogP contribution is 2.38. The summed E-state index contributed by atoms with van der Waals surface area (Å²) in [7, 11) is 0. The van der Waals surface area contributed by atoms with E-state index < -0.39 is 28.9 Å². The Balaban J connectivity index is 0.000000343. The number of halogens is 2. The first-order valence-electron chi connectivity index (χ1n) is 11.7. The lowest BCUT2D eigenvalue weighted by atomic mass is 9.88. The molecule has 4 rings (SSSR count). The quantitative estimate of drug-likeness (QED) is 0.423. The molecule has 2 aromatic carbocycles. The van der Waals surface area contributed by atoms with Crippen LogP contribution in [0.4, 0.5) is 10.1 Å². The highest BCUT2D eigenvalue weighted by Gasteiger charge is 2.25. The van der Waals surface area contributed by atoms with Gasteiger partial charge in [0.15, 0.2) is 0 Å². The van der Waals surface area contributed by atoms with Crippen LogP contribution >= 0.6 is 15.9 Å². The van der Waals surface area contributed by atoms with Crippen LogP contribution in [0, 0.1) is 11.7 Å². The zero-order valence-electron chi connectivity index (χ0n) is 19.8. The summed E-state index contributed by atoms with van der Waals surface area (Å²) < 4.78 is 20.3. The fraction of sp³-hybridized carbons (Fsp3) is 0.407.